The van der Waals surface area contributed by atoms with Gasteiger partial charge in [-0.3, -0.25) is 19.4 Å². The fourth-order valence-corrected chi connectivity index (χ4v) is 3.24. The van der Waals surface area contributed by atoms with E-state index in [0.717, 1.165) is 58.5 Å². The summed E-state index contributed by atoms with van der Waals surface area (Å²) in [7, 11) is 0. The lowest BCUT2D eigenvalue weighted by molar-refractivity contribution is -0.122. The normalized spacial score (nSPS) is 24.5. The predicted molar refractivity (Wildman–Crippen MR) is 74.8 cm³/mol. The summed E-state index contributed by atoms with van der Waals surface area (Å²) in [5, 5.41) is 0. The summed E-state index contributed by atoms with van der Waals surface area (Å²) < 4.78 is 0. The summed E-state index contributed by atoms with van der Waals surface area (Å²) in [6.45, 7) is 8.59. The van der Waals surface area contributed by atoms with Crippen molar-refractivity contribution < 1.29 is 9.59 Å². The van der Waals surface area contributed by atoms with Crippen LogP contribution in [0.3, 0.4) is 0 Å². The minimum atomic E-state index is 0.291. The maximum absolute atomic E-state index is 11.3. The zero-order chi connectivity index (χ0) is 13.8. The molecular weight excluding hydrogens is 240 g/mol. The molecular formula is C15H26N2O2. The second kappa shape index (κ2) is 6.62. The molecule has 2 heterocycles. The highest BCUT2D eigenvalue weighted by Gasteiger charge is 2.26. The molecule has 0 amide bonds. The van der Waals surface area contributed by atoms with Crippen LogP contribution in [0.1, 0.15) is 39.5 Å². The van der Waals surface area contributed by atoms with Gasteiger partial charge in [-0.1, -0.05) is 0 Å². The van der Waals surface area contributed by atoms with Crippen LogP contribution in [-0.4, -0.2) is 54.2 Å². The number of carbonyl (C=O) groups excluding carboxylic acids is 2. The van der Waals surface area contributed by atoms with Crippen LogP contribution < -0.4 is 0 Å². The van der Waals surface area contributed by atoms with Crippen LogP contribution in [0, 0.1) is 11.8 Å². The van der Waals surface area contributed by atoms with E-state index in [1.165, 1.54) is 0 Å². The quantitative estimate of drug-likeness (QED) is 0.774. The number of ketones is 2. The molecule has 0 unspecified atom stereocenters. The molecule has 0 aliphatic carbocycles. The third-order valence-corrected chi connectivity index (χ3v) is 4.72. The Labute approximate surface area is 116 Å². The molecule has 0 N–H and O–H groups in total. The third kappa shape index (κ3) is 4.11. The van der Waals surface area contributed by atoms with Gasteiger partial charge in [0.2, 0.25) is 0 Å². The zero-order valence-electron chi connectivity index (χ0n) is 12.2. The minimum Gasteiger partial charge on any atom is -0.300 e. The number of nitrogens with zero attached hydrogens (tertiary/aromatic N) is 2. The summed E-state index contributed by atoms with van der Waals surface area (Å²) in [4.78, 5) is 27.6. The van der Waals surface area contributed by atoms with Crippen LogP contribution in [-0.2, 0) is 9.59 Å². The Kier molecular flexibility index (Phi) is 5.11. The molecule has 0 aromatic rings. The Balaban J connectivity index is 1.69. The topological polar surface area (TPSA) is 40.6 Å². The standard InChI is InChI=1S/C15H26N2O2/c1-12(18)14-3-7-16(8-4-14)11-17-9-5-15(6-10-17)13(2)19/h14-15H,3-11H2,1-2H3. The number of carbonyl (C=O) groups is 2. The molecule has 4 nitrogen and oxygen atoms in total. The van der Waals surface area contributed by atoms with Gasteiger partial charge in [0.15, 0.2) is 0 Å². The summed E-state index contributed by atoms with van der Waals surface area (Å²) in [6.07, 6.45) is 4.05. The van der Waals surface area contributed by atoms with E-state index in [9.17, 15) is 9.59 Å². The second-order valence-corrected chi connectivity index (χ2v) is 6.15. The number of likely N-dealkylation sites (tertiary alicyclic amines) is 2. The van der Waals surface area contributed by atoms with E-state index < -0.39 is 0 Å². The minimum absolute atomic E-state index is 0.291. The van der Waals surface area contributed by atoms with Gasteiger partial charge in [0, 0.05) is 38.0 Å². The molecule has 4 heteroatoms. The first-order valence-electron chi connectivity index (χ1n) is 7.52. The molecule has 0 bridgehead atoms. The van der Waals surface area contributed by atoms with E-state index in [2.05, 4.69) is 9.80 Å². The van der Waals surface area contributed by atoms with Crippen LogP contribution in [0.2, 0.25) is 0 Å². The van der Waals surface area contributed by atoms with Gasteiger partial charge in [0.25, 0.3) is 0 Å². The molecule has 2 aliphatic heterocycles. The number of piperidine rings is 2. The van der Waals surface area contributed by atoms with Crippen molar-refractivity contribution in [3.8, 4) is 0 Å². The van der Waals surface area contributed by atoms with Gasteiger partial charge in [0.05, 0.1) is 6.67 Å². The van der Waals surface area contributed by atoms with Gasteiger partial charge in [-0.05, 0) is 39.5 Å². The molecule has 0 saturated carbocycles. The van der Waals surface area contributed by atoms with Crippen LogP contribution >= 0.6 is 0 Å². The maximum Gasteiger partial charge on any atom is 0.133 e. The molecule has 0 spiro atoms. The van der Waals surface area contributed by atoms with Gasteiger partial charge in [-0.2, -0.15) is 0 Å². The predicted octanol–water partition coefficient (Wildman–Crippen LogP) is 1.55. The van der Waals surface area contributed by atoms with Crippen molar-refractivity contribution in [1.82, 2.24) is 9.80 Å². The number of hydrogen-bond acceptors (Lipinski definition) is 4. The Morgan fingerprint density at radius 2 is 1.11 bits per heavy atom. The molecule has 0 radical (unpaired) electrons. The molecule has 2 saturated heterocycles. The van der Waals surface area contributed by atoms with E-state index in [1.54, 1.807) is 13.8 Å². The summed E-state index contributed by atoms with van der Waals surface area (Å²) in [5.41, 5.74) is 0. The smallest absolute Gasteiger partial charge is 0.133 e. The first kappa shape index (κ1) is 14.7. The van der Waals surface area contributed by atoms with Gasteiger partial charge in [-0.15, -0.1) is 0 Å². The summed E-state index contributed by atoms with van der Waals surface area (Å²) >= 11 is 0. The van der Waals surface area contributed by atoms with Crippen LogP contribution in [0.5, 0.6) is 0 Å². The van der Waals surface area contributed by atoms with Crippen LogP contribution in [0.25, 0.3) is 0 Å². The highest BCUT2D eigenvalue weighted by Crippen LogP contribution is 2.21. The Bertz CT molecular complexity index is 295. The van der Waals surface area contributed by atoms with Gasteiger partial charge in [0.1, 0.15) is 11.6 Å². The highest BCUT2D eigenvalue weighted by atomic mass is 16.1. The van der Waals surface area contributed by atoms with Crippen molar-refractivity contribution in [2.45, 2.75) is 39.5 Å². The fraction of sp³-hybridized carbons (Fsp3) is 0.867. The Hall–Kier alpha value is -0.740. The molecule has 0 aromatic heterocycles. The largest absolute Gasteiger partial charge is 0.300 e. The SMILES string of the molecule is CC(=O)C1CCN(CN2CCC(C(C)=O)CC2)CC1. The van der Waals surface area contributed by atoms with Crippen LogP contribution in [0.15, 0.2) is 0 Å². The lowest BCUT2D eigenvalue weighted by Gasteiger charge is -2.37. The van der Waals surface area contributed by atoms with E-state index in [1.807, 2.05) is 0 Å². The van der Waals surface area contributed by atoms with Gasteiger partial charge < -0.3 is 0 Å². The summed E-state index contributed by atoms with van der Waals surface area (Å²) in [5.74, 6) is 1.28. The molecule has 108 valence electrons. The van der Waals surface area contributed by atoms with E-state index in [-0.39, 0.29) is 0 Å². The van der Waals surface area contributed by atoms with Crippen molar-refractivity contribution in [3.63, 3.8) is 0 Å². The van der Waals surface area contributed by atoms with E-state index in [0.29, 0.717) is 23.4 Å². The van der Waals surface area contributed by atoms with Crippen molar-refractivity contribution in [1.29, 1.82) is 0 Å². The maximum atomic E-state index is 11.3. The molecule has 2 fully saturated rings. The molecule has 19 heavy (non-hydrogen) atoms. The van der Waals surface area contributed by atoms with E-state index in [4.69, 9.17) is 0 Å². The average Bonchev–Trinajstić information content (AvgIpc) is 2.40. The van der Waals surface area contributed by atoms with Crippen molar-refractivity contribution in [2.24, 2.45) is 11.8 Å². The lowest BCUT2D eigenvalue weighted by atomic mass is 9.92. The first-order chi connectivity index (χ1) is 9.06. The highest BCUT2D eigenvalue weighted by molar-refractivity contribution is 5.78. The molecule has 2 aliphatic rings. The molecule has 0 aromatic carbocycles. The molecule has 0 atom stereocenters. The number of rotatable bonds is 4. The van der Waals surface area contributed by atoms with Crippen molar-refractivity contribution in [2.75, 3.05) is 32.8 Å². The third-order valence-electron chi connectivity index (χ3n) is 4.72. The molecule has 2 rings (SSSR count). The number of hydrogen-bond donors (Lipinski definition) is 0. The average molecular weight is 266 g/mol. The van der Waals surface area contributed by atoms with Gasteiger partial charge >= 0.3 is 0 Å². The van der Waals surface area contributed by atoms with Crippen molar-refractivity contribution >= 4 is 11.6 Å². The number of Topliss-reactive ketones (excluding diaryl/α,β-unsaturated/α-hetero) is 2. The monoisotopic (exact) mass is 266 g/mol. The van der Waals surface area contributed by atoms with Crippen LogP contribution in [0.4, 0.5) is 0 Å². The second-order valence-electron chi connectivity index (χ2n) is 6.15. The lowest BCUT2D eigenvalue weighted by Crippen LogP contribution is -2.46. The Morgan fingerprint density at radius 3 is 1.37 bits per heavy atom. The van der Waals surface area contributed by atoms with Gasteiger partial charge in [-0.25, -0.2) is 0 Å². The van der Waals surface area contributed by atoms with E-state index >= 15 is 0 Å². The van der Waals surface area contributed by atoms with Crippen molar-refractivity contribution in [3.05, 3.63) is 0 Å². The first-order valence-corrected chi connectivity index (χ1v) is 7.52. The summed E-state index contributed by atoms with van der Waals surface area (Å²) in [6, 6.07) is 0. The zero-order valence-corrected chi connectivity index (χ0v) is 12.2. The Morgan fingerprint density at radius 1 is 0.789 bits per heavy atom. The fourth-order valence-electron chi connectivity index (χ4n) is 3.24.